The lowest BCUT2D eigenvalue weighted by Gasteiger charge is -2.28. The van der Waals surface area contributed by atoms with Gasteiger partial charge in [-0.1, -0.05) is 84.1 Å². The first-order valence-electron chi connectivity index (χ1n) is 12.3. The third-order valence-electron chi connectivity index (χ3n) is 6.81. The second-order valence-electron chi connectivity index (χ2n) is 9.25. The summed E-state index contributed by atoms with van der Waals surface area (Å²) in [6.45, 7) is 4.40. The number of hydrogen-bond acceptors (Lipinski definition) is 2. The first-order chi connectivity index (χ1) is 14.7. The van der Waals surface area contributed by atoms with Gasteiger partial charge in [0, 0.05) is 5.56 Å². The molecule has 2 nitrogen and oxygen atoms in total. The van der Waals surface area contributed by atoms with Gasteiger partial charge in [0.05, 0.1) is 11.4 Å². The van der Waals surface area contributed by atoms with E-state index in [0.717, 1.165) is 42.4 Å². The zero-order valence-electron chi connectivity index (χ0n) is 19.0. The molecule has 0 spiro atoms. The third kappa shape index (κ3) is 6.89. The summed E-state index contributed by atoms with van der Waals surface area (Å²) >= 11 is 0. The molecule has 0 amide bonds. The molecule has 164 valence electrons. The average Bonchev–Trinajstić information content (AvgIpc) is 2.77. The van der Waals surface area contributed by atoms with Gasteiger partial charge in [0.15, 0.2) is 0 Å². The Morgan fingerprint density at radius 3 is 2.20 bits per heavy atom. The van der Waals surface area contributed by atoms with E-state index in [1.807, 2.05) is 18.2 Å². The van der Waals surface area contributed by atoms with Crippen molar-refractivity contribution in [2.45, 2.75) is 97.3 Å². The predicted molar refractivity (Wildman–Crippen MR) is 124 cm³/mol. The van der Waals surface area contributed by atoms with Gasteiger partial charge < -0.3 is 0 Å². The van der Waals surface area contributed by atoms with Crippen LogP contribution in [0.3, 0.4) is 0 Å². The molecule has 0 radical (unpaired) electrons. The van der Waals surface area contributed by atoms with Crippen molar-refractivity contribution in [1.29, 1.82) is 0 Å². The molecule has 3 heteroatoms. The molecule has 1 aliphatic rings. The number of halogens is 1. The van der Waals surface area contributed by atoms with Crippen LogP contribution in [-0.4, -0.2) is 10.2 Å². The lowest BCUT2D eigenvalue weighted by molar-refractivity contribution is 0.249. The summed E-state index contributed by atoms with van der Waals surface area (Å²) in [6, 6.07) is 9.49. The Balaban J connectivity index is 1.45. The highest BCUT2D eigenvalue weighted by Gasteiger charge is 2.21. The largest absolute Gasteiger partial charge is 0.206 e. The topological polar surface area (TPSA) is 25.8 Å². The molecule has 0 unspecified atom stereocenters. The highest BCUT2D eigenvalue weighted by atomic mass is 19.1. The summed E-state index contributed by atoms with van der Waals surface area (Å²) in [4.78, 5) is 0. The maximum atomic E-state index is 14.7. The first-order valence-corrected chi connectivity index (χ1v) is 12.3. The third-order valence-corrected chi connectivity index (χ3v) is 6.81. The number of unbranched alkanes of at least 4 members (excludes halogenated alkanes) is 3. The second-order valence-corrected chi connectivity index (χ2v) is 9.25. The van der Waals surface area contributed by atoms with Gasteiger partial charge in [-0.25, -0.2) is 4.39 Å². The number of aryl methyl sites for hydroxylation is 2. The van der Waals surface area contributed by atoms with Crippen molar-refractivity contribution in [1.82, 2.24) is 10.2 Å². The lowest BCUT2D eigenvalue weighted by Crippen LogP contribution is -2.15. The molecule has 0 saturated heterocycles. The molecule has 1 aromatic carbocycles. The van der Waals surface area contributed by atoms with Crippen LogP contribution in [0.25, 0.3) is 11.3 Å². The normalized spacial score (nSPS) is 19.2. The number of benzene rings is 1. The molecular weight excluding hydrogens is 371 g/mol. The minimum Gasteiger partial charge on any atom is -0.206 e. The molecule has 0 N–H and O–H groups in total. The monoisotopic (exact) mass is 410 g/mol. The maximum Gasteiger partial charge on any atom is 0.132 e. The first kappa shape index (κ1) is 22.9. The molecule has 1 aliphatic carbocycles. The van der Waals surface area contributed by atoms with Crippen LogP contribution in [0.4, 0.5) is 4.39 Å². The van der Waals surface area contributed by atoms with Gasteiger partial charge in [-0.3, -0.25) is 0 Å². The van der Waals surface area contributed by atoms with Crippen LogP contribution in [0.5, 0.6) is 0 Å². The van der Waals surface area contributed by atoms with Crippen molar-refractivity contribution in [3.05, 3.63) is 47.4 Å². The zero-order valence-corrected chi connectivity index (χ0v) is 19.0. The standard InChI is InChI=1S/C27H39FN2/c1-3-5-6-7-9-21-10-12-22(13-11-21)14-15-23-16-18-25(26(28)20-23)27-19-17-24(8-4-2)29-30-27/h16-22H,3-15H2,1-2H3. The van der Waals surface area contributed by atoms with Gasteiger partial charge in [0.1, 0.15) is 5.82 Å². The van der Waals surface area contributed by atoms with Crippen LogP contribution in [0.1, 0.15) is 95.7 Å². The van der Waals surface area contributed by atoms with Crippen LogP contribution in [0.2, 0.25) is 0 Å². The van der Waals surface area contributed by atoms with Crippen molar-refractivity contribution in [3.63, 3.8) is 0 Å². The summed E-state index contributed by atoms with van der Waals surface area (Å²) in [5.41, 5.74) is 3.25. The molecule has 2 aromatic rings. The average molecular weight is 411 g/mol. The summed E-state index contributed by atoms with van der Waals surface area (Å²) in [5, 5.41) is 8.45. The van der Waals surface area contributed by atoms with Crippen LogP contribution in [-0.2, 0) is 12.8 Å². The van der Waals surface area contributed by atoms with Crippen LogP contribution in [0.15, 0.2) is 30.3 Å². The summed E-state index contributed by atoms with van der Waals surface area (Å²) in [6.07, 6.45) is 16.6. The molecule has 3 rings (SSSR count). The smallest absolute Gasteiger partial charge is 0.132 e. The summed E-state index contributed by atoms with van der Waals surface area (Å²) in [7, 11) is 0. The van der Waals surface area contributed by atoms with E-state index in [2.05, 4.69) is 30.1 Å². The number of hydrogen-bond donors (Lipinski definition) is 0. The molecule has 0 aliphatic heterocycles. The van der Waals surface area contributed by atoms with E-state index in [0.29, 0.717) is 11.3 Å². The Labute approximate surface area is 182 Å². The van der Waals surface area contributed by atoms with E-state index in [1.54, 1.807) is 6.07 Å². The molecule has 1 aromatic heterocycles. The summed E-state index contributed by atoms with van der Waals surface area (Å²) < 4.78 is 14.7. The van der Waals surface area contributed by atoms with Gasteiger partial charge in [0.25, 0.3) is 0 Å². The van der Waals surface area contributed by atoms with E-state index in [4.69, 9.17) is 0 Å². The van der Waals surface area contributed by atoms with Crippen LogP contribution < -0.4 is 0 Å². The number of rotatable bonds is 11. The predicted octanol–water partition coefficient (Wildman–Crippen LogP) is 7.94. The maximum absolute atomic E-state index is 14.7. The van der Waals surface area contributed by atoms with Gasteiger partial charge in [-0.05, 0) is 60.9 Å². The highest BCUT2D eigenvalue weighted by molar-refractivity contribution is 5.59. The van der Waals surface area contributed by atoms with E-state index in [1.165, 1.54) is 64.2 Å². The minimum absolute atomic E-state index is 0.180. The fourth-order valence-corrected chi connectivity index (χ4v) is 4.85. The number of aromatic nitrogens is 2. The van der Waals surface area contributed by atoms with Crippen molar-refractivity contribution in [3.8, 4) is 11.3 Å². The van der Waals surface area contributed by atoms with Crippen molar-refractivity contribution in [2.75, 3.05) is 0 Å². The van der Waals surface area contributed by atoms with Gasteiger partial charge in [-0.2, -0.15) is 10.2 Å². The van der Waals surface area contributed by atoms with E-state index < -0.39 is 0 Å². The number of nitrogens with zero attached hydrogens (tertiary/aromatic N) is 2. The highest BCUT2D eigenvalue weighted by Crippen LogP contribution is 2.34. The Morgan fingerprint density at radius 1 is 0.800 bits per heavy atom. The molecule has 1 fully saturated rings. The van der Waals surface area contributed by atoms with Crippen molar-refractivity contribution < 1.29 is 4.39 Å². The van der Waals surface area contributed by atoms with Crippen molar-refractivity contribution >= 4 is 0 Å². The van der Waals surface area contributed by atoms with Crippen LogP contribution in [0, 0.1) is 17.7 Å². The van der Waals surface area contributed by atoms with E-state index >= 15 is 0 Å². The Hall–Kier alpha value is -1.77. The quantitative estimate of drug-likeness (QED) is 0.351. The minimum atomic E-state index is -0.180. The fraction of sp³-hybridized carbons (Fsp3) is 0.630. The second kappa shape index (κ2) is 12.2. The molecule has 1 heterocycles. The molecule has 30 heavy (non-hydrogen) atoms. The molecular formula is C27H39FN2. The molecule has 0 bridgehead atoms. The van der Waals surface area contributed by atoms with Crippen molar-refractivity contribution in [2.24, 2.45) is 11.8 Å². The fourth-order valence-electron chi connectivity index (χ4n) is 4.85. The van der Waals surface area contributed by atoms with E-state index in [-0.39, 0.29) is 5.82 Å². The van der Waals surface area contributed by atoms with Gasteiger partial charge >= 0.3 is 0 Å². The molecule has 0 atom stereocenters. The summed E-state index contributed by atoms with van der Waals surface area (Å²) in [5.74, 6) is 1.59. The Kier molecular flexibility index (Phi) is 9.29. The van der Waals surface area contributed by atoms with Crippen LogP contribution >= 0.6 is 0 Å². The lowest BCUT2D eigenvalue weighted by atomic mass is 9.77. The Bertz CT molecular complexity index is 748. The molecule has 1 saturated carbocycles. The van der Waals surface area contributed by atoms with Gasteiger partial charge in [0.2, 0.25) is 0 Å². The SMILES string of the molecule is CCCCCCC1CCC(CCc2ccc(-c3ccc(CCC)nn3)c(F)c2)CC1. The zero-order chi connectivity index (χ0) is 21.2. The van der Waals surface area contributed by atoms with Gasteiger partial charge in [-0.15, -0.1) is 0 Å². The Morgan fingerprint density at radius 2 is 1.57 bits per heavy atom. The van der Waals surface area contributed by atoms with E-state index in [9.17, 15) is 4.39 Å².